The summed E-state index contributed by atoms with van der Waals surface area (Å²) in [6, 6.07) is 6.42. The van der Waals surface area contributed by atoms with E-state index in [-0.39, 0.29) is 0 Å². The molecule has 1 aromatic heterocycles. The van der Waals surface area contributed by atoms with Crippen molar-refractivity contribution in [2.24, 2.45) is 0 Å². The Hall–Kier alpha value is -1.97. The lowest BCUT2D eigenvalue weighted by molar-refractivity contribution is 0.417. The Kier molecular flexibility index (Phi) is 3.32. The van der Waals surface area contributed by atoms with Crippen LogP contribution in [-0.2, 0) is 13.0 Å². The molecule has 2 N–H and O–H groups in total. The molecule has 0 bridgehead atoms. The van der Waals surface area contributed by atoms with Gasteiger partial charge in [0.05, 0.1) is 5.69 Å². The predicted molar refractivity (Wildman–Crippen MR) is 68.2 cm³/mol. The summed E-state index contributed by atoms with van der Waals surface area (Å²) in [6.07, 6.45) is 4.56. The molecule has 4 nitrogen and oxygen atoms in total. The van der Waals surface area contributed by atoms with E-state index in [1.165, 1.54) is 5.56 Å². The monoisotopic (exact) mass is 231 g/mol. The summed E-state index contributed by atoms with van der Waals surface area (Å²) in [5.74, 6) is 0.656. The number of hydrogen-bond acceptors (Lipinski definition) is 3. The second-order valence-corrected chi connectivity index (χ2v) is 3.82. The van der Waals surface area contributed by atoms with Crippen LogP contribution in [0, 0.1) is 0 Å². The third kappa shape index (κ3) is 2.41. The minimum absolute atomic E-state index is 0.573. The number of ether oxygens (including phenoxy) is 1. The molecule has 0 saturated heterocycles. The Morgan fingerprint density at radius 2 is 2.18 bits per heavy atom. The molecule has 0 spiro atoms. The average Bonchev–Trinajstić information content (AvgIpc) is 2.79. The maximum absolute atomic E-state index is 5.94. The minimum atomic E-state index is 0.573. The first-order chi connectivity index (χ1) is 8.24. The molecule has 0 radical (unpaired) electrons. The summed E-state index contributed by atoms with van der Waals surface area (Å²) >= 11 is 0. The zero-order chi connectivity index (χ0) is 12.3. The van der Waals surface area contributed by atoms with Gasteiger partial charge in [-0.05, 0) is 31.0 Å². The normalized spacial score (nSPS) is 10.5. The molecule has 1 aromatic carbocycles. The highest BCUT2D eigenvalue weighted by Crippen LogP contribution is 2.27. The Morgan fingerprint density at radius 3 is 2.82 bits per heavy atom. The summed E-state index contributed by atoms with van der Waals surface area (Å²) < 4.78 is 7.62. The van der Waals surface area contributed by atoms with E-state index in [1.807, 2.05) is 35.9 Å². The van der Waals surface area contributed by atoms with Gasteiger partial charge in [0.2, 0.25) is 0 Å². The number of rotatable bonds is 4. The highest BCUT2D eigenvalue weighted by molar-refractivity contribution is 5.55. The van der Waals surface area contributed by atoms with Crippen molar-refractivity contribution in [1.29, 1.82) is 0 Å². The predicted octanol–water partition coefficient (Wildman–Crippen LogP) is 2.84. The van der Waals surface area contributed by atoms with Gasteiger partial charge in [-0.2, -0.15) is 0 Å². The molecule has 2 aromatic rings. The molecular weight excluding hydrogens is 214 g/mol. The van der Waals surface area contributed by atoms with Crippen LogP contribution in [0.5, 0.6) is 11.8 Å². The number of imidazole rings is 1. The Balaban J connectivity index is 2.24. The molecule has 0 amide bonds. The lowest BCUT2D eigenvalue weighted by Gasteiger charge is -2.09. The fourth-order valence-corrected chi connectivity index (χ4v) is 1.65. The number of hydrogen-bond donors (Lipinski definition) is 1. The van der Waals surface area contributed by atoms with Gasteiger partial charge in [-0.1, -0.05) is 13.0 Å². The van der Waals surface area contributed by atoms with E-state index < -0.39 is 0 Å². The molecule has 0 aliphatic heterocycles. The second kappa shape index (κ2) is 4.91. The number of aromatic nitrogens is 2. The summed E-state index contributed by atoms with van der Waals surface area (Å²) in [6.45, 7) is 4.96. The molecule has 0 aliphatic rings. The van der Waals surface area contributed by atoms with Crippen LogP contribution in [0.4, 0.5) is 5.69 Å². The highest BCUT2D eigenvalue weighted by Gasteiger charge is 2.07. The molecule has 90 valence electrons. The maximum Gasteiger partial charge on any atom is 0.301 e. The van der Waals surface area contributed by atoms with Gasteiger partial charge in [-0.3, -0.25) is 0 Å². The van der Waals surface area contributed by atoms with Gasteiger partial charge < -0.3 is 15.0 Å². The Morgan fingerprint density at radius 1 is 1.35 bits per heavy atom. The molecule has 0 fully saturated rings. The third-order valence-electron chi connectivity index (χ3n) is 2.70. The van der Waals surface area contributed by atoms with Gasteiger partial charge in [0.1, 0.15) is 0 Å². The molecule has 2 rings (SSSR count). The van der Waals surface area contributed by atoms with Gasteiger partial charge >= 0.3 is 6.01 Å². The summed E-state index contributed by atoms with van der Waals surface area (Å²) in [5, 5.41) is 0. The lowest BCUT2D eigenvalue weighted by atomic mass is 10.1. The van der Waals surface area contributed by atoms with Crippen LogP contribution in [-0.4, -0.2) is 9.55 Å². The van der Waals surface area contributed by atoms with Crippen molar-refractivity contribution in [3.63, 3.8) is 0 Å². The smallest absolute Gasteiger partial charge is 0.301 e. The van der Waals surface area contributed by atoms with E-state index in [0.717, 1.165) is 13.0 Å². The Labute approximate surface area is 101 Å². The molecule has 0 atom stereocenters. The van der Waals surface area contributed by atoms with E-state index in [2.05, 4.69) is 11.9 Å². The van der Waals surface area contributed by atoms with Crippen molar-refractivity contribution in [2.75, 3.05) is 5.73 Å². The van der Waals surface area contributed by atoms with Gasteiger partial charge in [0.25, 0.3) is 0 Å². The topological polar surface area (TPSA) is 53.1 Å². The third-order valence-corrected chi connectivity index (χ3v) is 2.70. The fraction of sp³-hybridized carbons (Fsp3) is 0.308. The zero-order valence-electron chi connectivity index (χ0n) is 10.2. The van der Waals surface area contributed by atoms with E-state index in [4.69, 9.17) is 10.5 Å². The van der Waals surface area contributed by atoms with E-state index >= 15 is 0 Å². The van der Waals surface area contributed by atoms with Crippen molar-refractivity contribution < 1.29 is 4.74 Å². The van der Waals surface area contributed by atoms with E-state index in [9.17, 15) is 0 Å². The van der Waals surface area contributed by atoms with Crippen LogP contribution in [0.25, 0.3) is 0 Å². The molecule has 0 saturated carbocycles. The molecule has 17 heavy (non-hydrogen) atoms. The van der Waals surface area contributed by atoms with Crippen LogP contribution in [0.3, 0.4) is 0 Å². The van der Waals surface area contributed by atoms with Crippen LogP contribution < -0.4 is 10.5 Å². The summed E-state index contributed by atoms with van der Waals surface area (Å²) in [7, 11) is 0. The van der Waals surface area contributed by atoms with Crippen molar-refractivity contribution in [1.82, 2.24) is 9.55 Å². The quantitative estimate of drug-likeness (QED) is 0.823. The SMILES string of the molecule is CCc1ccc(Oc2nccn2CC)c(N)c1. The molecule has 4 heteroatoms. The fourth-order valence-electron chi connectivity index (χ4n) is 1.65. The highest BCUT2D eigenvalue weighted by atomic mass is 16.5. The van der Waals surface area contributed by atoms with Crippen molar-refractivity contribution in [3.8, 4) is 11.8 Å². The lowest BCUT2D eigenvalue weighted by Crippen LogP contribution is -1.99. The van der Waals surface area contributed by atoms with Crippen LogP contribution in [0.1, 0.15) is 19.4 Å². The molecule has 1 heterocycles. The minimum Gasteiger partial charge on any atom is -0.423 e. The Bertz CT molecular complexity index is 505. The first kappa shape index (κ1) is 11.5. The van der Waals surface area contributed by atoms with E-state index in [0.29, 0.717) is 17.4 Å². The van der Waals surface area contributed by atoms with Crippen LogP contribution in [0.15, 0.2) is 30.6 Å². The van der Waals surface area contributed by atoms with Crippen molar-refractivity contribution in [3.05, 3.63) is 36.2 Å². The first-order valence-corrected chi connectivity index (χ1v) is 5.82. The van der Waals surface area contributed by atoms with Crippen LogP contribution >= 0.6 is 0 Å². The number of nitrogens with two attached hydrogens (primary N) is 1. The number of nitrogen functional groups attached to an aromatic ring is 1. The summed E-state index contributed by atoms with van der Waals surface area (Å²) in [5.41, 5.74) is 7.79. The standard InChI is InChI=1S/C13H17N3O/c1-3-10-5-6-12(11(14)9-10)17-13-15-7-8-16(13)4-2/h5-9H,3-4,14H2,1-2H3. The number of aryl methyl sites for hydroxylation is 2. The second-order valence-electron chi connectivity index (χ2n) is 3.82. The molecule has 0 aliphatic carbocycles. The van der Waals surface area contributed by atoms with Gasteiger partial charge in [-0.15, -0.1) is 0 Å². The molecule has 0 unspecified atom stereocenters. The summed E-state index contributed by atoms with van der Waals surface area (Å²) in [4.78, 5) is 4.15. The molecular formula is C13H17N3O. The maximum atomic E-state index is 5.94. The van der Waals surface area contributed by atoms with Crippen molar-refractivity contribution >= 4 is 5.69 Å². The van der Waals surface area contributed by atoms with E-state index in [1.54, 1.807) is 6.20 Å². The number of nitrogens with zero attached hydrogens (tertiary/aromatic N) is 2. The van der Waals surface area contributed by atoms with Gasteiger partial charge in [-0.25, -0.2) is 4.98 Å². The van der Waals surface area contributed by atoms with Crippen molar-refractivity contribution in [2.45, 2.75) is 26.8 Å². The first-order valence-electron chi connectivity index (χ1n) is 5.82. The number of benzene rings is 1. The van der Waals surface area contributed by atoms with Gasteiger partial charge in [0.15, 0.2) is 5.75 Å². The van der Waals surface area contributed by atoms with Gasteiger partial charge in [0, 0.05) is 18.9 Å². The van der Waals surface area contributed by atoms with Crippen LogP contribution in [0.2, 0.25) is 0 Å². The number of anilines is 1. The zero-order valence-corrected chi connectivity index (χ0v) is 10.2. The largest absolute Gasteiger partial charge is 0.423 e. The average molecular weight is 231 g/mol.